The fraction of sp³-hybridized carbons (Fsp3) is 0.448. The maximum Gasteiger partial charge on any atom is 0.408 e. The van der Waals surface area contributed by atoms with E-state index in [0.29, 0.717) is 11.1 Å². The number of benzene rings is 2. The second kappa shape index (κ2) is 14.2. The average molecular weight is 542 g/mol. The van der Waals surface area contributed by atoms with Crippen molar-refractivity contribution in [2.24, 2.45) is 0 Å². The molecule has 39 heavy (non-hydrogen) atoms. The molecule has 2 unspecified atom stereocenters. The standard InChI is InChI=1S/C29H39N3O7/c1-7-38-24(34)15-16-30-26(35)25(21-10-8-9-19(2)17-21)32(6)27(36)23(31-28(37)39-29(3,4)5)18-20-11-13-22(33)14-12-20/h8-14,17,23,25,33H,7,15-16,18H2,1-6H3,(H,30,35)(H,31,37). The molecule has 0 saturated heterocycles. The molecule has 10 nitrogen and oxygen atoms in total. The molecular formula is C29H39N3O7. The van der Waals surface area contributed by atoms with Crippen LogP contribution in [0.5, 0.6) is 5.75 Å². The first kappa shape index (κ1) is 31.1. The number of phenolic OH excluding ortho intramolecular Hbond substituents is 1. The number of nitrogens with one attached hydrogen (secondary N) is 2. The first-order valence-electron chi connectivity index (χ1n) is 12.8. The number of ether oxygens (including phenoxy) is 2. The summed E-state index contributed by atoms with van der Waals surface area (Å²) in [5.74, 6) is -1.38. The van der Waals surface area contributed by atoms with Gasteiger partial charge in [-0.25, -0.2) is 4.79 Å². The van der Waals surface area contributed by atoms with Gasteiger partial charge in [-0.1, -0.05) is 42.0 Å². The van der Waals surface area contributed by atoms with Crippen LogP contribution in [0.1, 0.15) is 56.8 Å². The second-order valence-electron chi connectivity index (χ2n) is 10.2. The van der Waals surface area contributed by atoms with Gasteiger partial charge in [0.25, 0.3) is 0 Å². The molecule has 0 fully saturated rings. The number of aromatic hydroxyl groups is 1. The number of carbonyl (C=O) groups is 4. The van der Waals surface area contributed by atoms with E-state index in [1.807, 2.05) is 13.0 Å². The van der Waals surface area contributed by atoms with Gasteiger partial charge >= 0.3 is 12.1 Å². The Balaban J connectivity index is 2.35. The summed E-state index contributed by atoms with van der Waals surface area (Å²) in [5, 5.41) is 15.0. The number of nitrogens with zero attached hydrogens (tertiary/aromatic N) is 1. The predicted octanol–water partition coefficient (Wildman–Crippen LogP) is 3.41. The van der Waals surface area contributed by atoms with Crippen LogP contribution < -0.4 is 10.6 Å². The number of amides is 3. The molecule has 0 bridgehead atoms. The molecule has 3 amide bonds. The van der Waals surface area contributed by atoms with Gasteiger partial charge in [-0.2, -0.15) is 0 Å². The van der Waals surface area contributed by atoms with E-state index in [1.54, 1.807) is 58.0 Å². The van der Waals surface area contributed by atoms with Crippen molar-refractivity contribution in [1.29, 1.82) is 0 Å². The largest absolute Gasteiger partial charge is 0.508 e. The van der Waals surface area contributed by atoms with Crippen molar-refractivity contribution in [2.75, 3.05) is 20.2 Å². The van der Waals surface area contributed by atoms with Gasteiger partial charge in [0.15, 0.2) is 0 Å². The molecule has 0 aliphatic heterocycles. The summed E-state index contributed by atoms with van der Waals surface area (Å²) in [6, 6.07) is 11.3. The Morgan fingerprint density at radius 2 is 1.72 bits per heavy atom. The highest BCUT2D eigenvalue weighted by Gasteiger charge is 2.34. The van der Waals surface area contributed by atoms with Crippen molar-refractivity contribution >= 4 is 23.9 Å². The highest BCUT2D eigenvalue weighted by molar-refractivity contribution is 5.92. The smallest absolute Gasteiger partial charge is 0.408 e. The Hall–Kier alpha value is -4.08. The molecule has 212 valence electrons. The third-order valence-electron chi connectivity index (χ3n) is 5.64. The molecule has 0 aliphatic rings. The fourth-order valence-corrected chi connectivity index (χ4v) is 3.90. The van der Waals surface area contributed by atoms with E-state index in [2.05, 4.69) is 10.6 Å². The SMILES string of the molecule is CCOC(=O)CCNC(=O)C(c1cccc(C)c1)N(C)C(=O)C(Cc1ccc(O)cc1)NC(=O)OC(C)(C)C. The van der Waals surface area contributed by atoms with Gasteiger partial charge in [-0.3, -0.25) is 14.4 Å². The monoisotopic (exact) mass is 541 g/mol. The molecular weight excluding hydrogens is 502 g/mol. The molecule has 0 saturated carbocycles. The van der Waals surface area contributed by atoms with E-state index >= 15 is 0 Å². The Labute approximate surface area is 229 Å². The number of rotatable bonds is 11. The normalized spacial score (nSPS) is 12.6. The van der Waals surface area contributed by atoms with Crippen molar-refractivity contribution in [3.63, 3.8) is 0 Å². The third kappa shape index (κ3) is 10.3. The zero-order valence-electron chi connectivity index (χ0n) is 23.4. The first-order chi connectivity index (χ1) is 18.3. The van der Waals surface area contributed by atoms with Gasteiger partial charge in [0, 0.05) is 20.0 Å². The van der Waals surface area contributed by atoms with Crippen molar-refractivity contribution in [3.05, 3.63) is 65.2 Å². The highest BCUT2D eigenvalue weighted by Crippen LogP contribution is 2.23. The number of likely N-dealkylation sites (N-methyl/N-ethyl adjacent to an activating group) is 1. The Bertz CT molecular complexity index is 1140. The Kier molecular flexibility index (Phi) is 11.3. The molecule has 10 heteroatoms. The van der Waals surface area contributed by atoms with E-state index < -0.39 is 41.6 Å². The lowest BCUT2D eigenvalue weighted by Gasteiger charge is -2.32. The van der Waals surface area contributed by atoms with Crippen LogP contribution >= 0.6 is 0 Å². The quantitative estimate of drug-likeness (QED) is 0.371. The summed E-state index contributed by atoms with van der Waals surface area (Å²) in [5.41, 5.74) is 1.36. The first-order valence-corrected chi connectivity index (χ1v) is 12.8. The Morgan fingerprint density at radius 1 is 1.05 bits per heavy atom. The van der Waals surface area contributed by atoms with Crippen LogP contribution in [0.2, 0.25) is 0 Å². The molecule has 2 rings (SSSR count). The van der Waals surface area contributed by atoms with Crippen LogP contribution in [-0.4, -0.2) is 65.7 Å². The minimum Gasteiger partial charge on any atom is -0.508 e. The minimum absolute atomic E-state index is 0.0124. The lowest BCUT2D eigenvalue weighted by atomic mass is 9.99. The summed E-state index contributed by atoms with van der Waals surface area (Å²) in [6.45, 7) is 8.99. The van der Waals surface area contributed by atoms with Gasteiger partial charge in [-0.05, 0) is 57.9 Å². The zero-order valence-corrected chi connectivity index (χ0v) is 23.4. The van der Waals surface area contributed by atoms with E-state index in [0.717, 1.165) is 5.56 Å². The maximum atomic E-state index is 13.8. The maximum absolute atomic E-state index is 13.8. The Morgan fingerprint density at radius 3 is 2.31 bits per heavy atom. The summed E-state index contributed by atoms with van der Waals surface area (Å²) in [7, 11) is 1.49. The number of carbonyl (C=O) groups excluding carboxylic acids is 4. The third-order valence-corrected chi connectivity index (χ3v) is 5.64. The molecule has 2 aromatic rings. The highest BCUT2D eigenvalue weighted by atomic mass is 16.6. The van der Waals surface area contributed by atoms with E-state index in [9.17, 15) is 24.3 Å². The van der Waals surface area contributed by atoms with Crippen LogP contribution in [0.3, 0.4) is 0 Å². The van der Waals surface area contributed by atoms with Crippen molar-refractivity contribution in [2.45, 2.75) is 65.1 Å². The second-order valence-corrected chi connectivity index (χ2v) is 10.2. The topological polar surface area (TPSA) is 134 Å². The lowest BCUT2D eigenvalue weighted by molar-refractivity contribution is -0.143. The molecule has 0 heterocycles. The number of alkyl carbamates (subject to hydrolysis) is 1. The molecule has 0 aliphatic carbocycles. The van der Waals surface area contributed by atoms with Gasteiger partial charge in [0.1, 0.15) is 23.4 Å². The van der Waals surface area contributed by atoms with Crippen LogP contribution in [-0.2, 0) is 30.3 Å². The summed E-state index contributed by atoms with van der Waals surface area (Å²) in [4.78, 5) is 52.9. The average Bonchev–Trinajstić information content (AvgIpc) is 2.83. The summed E-state index contributed by atoms with van der Waals surface area (Å²) >= 11 is 0. The van der Waals surface area contributed by atoms with Crippen molar-refractivity contribution in [1.82, 2.24) is 15.5 Å². The fourth-order valence-electron chi connectivity index (χ4n) is 3.90. The summed E-state index contributed by atoms with van der Waals surface area (Å²) in [6.07, 6.45) is -0.700. The molecule has 3 N–H and O–H groups in total. The van der Waals surface area contributed by atoms with E-state index in [-0.39, 0.29) is 31.7 Å². The zero-order chi connectivity index (χ0) is 29.2. The van der Waals surface area contributed by atoms with Crippen LogP contribution in [0.15, 0.2) is 48.5 Å². The number of phenols is 1. The van der Waals surface area contributed by atoms with Crippen LogP contribution in [0, 0.1) is 6.92 Å². The van der Waals surface area contributed by atoms with Gasteiger partial charge in [-0.15, -0.1) is 0 Å². The minimum atomic E-state index is -1.07. The van der Waals surface area contributed by atoms with Crippen molar-refractivity contribution in [3.8, 4) is 5.75 Å². The molecule has 2 atom stereocenters. The van der Waals surface area contributed by atoms with Gasteiger partial charge in [0.2, 0.25) is 11.8 Å². The lowest BCUT2D eigenvalue weighted by Crippen LogP contribution is -2.52. The van der Waals surface area contributed by atoms with Gasteiger partial charge in [0.05, 0.1) is 13.0 Å². The van der Waals surface area contributed by atoms with E-state index in [1.165, 1.54) is 24.1 Å². The van der Waals surface area contributed by atoms with Crippen LogP contribution in [0.25, 0.3) is 0 Å². The van der Waals surface area contributed by atoms with E-state index in [4.69, 9.17) is 9.47 Å². The predicted molar refractivity (Wildman–Crippen MR) is 146 cm³/mol. The molecule has 0 radical (unpaired) electrons. The molecule has 2 aromatic carbocycles. The van der Waals surface area contributed by atoms with Crippen molar-refractivity contribution < 1.29 is 33.8 Å². The molecule has 0 aromatic heterocycles. The van der Waals surface area contributed by atoms with Crippen LogP contribution in [0.4, 0.5) is 4.79 Å². The number of hydrogen-bond acceptors (Lipinski definition) is 7. The molecule has 0 spiro atoms. The number of hydrogen-bond donors (Lipinski definition) is 3. The number of aryl methyl sites for hydroxylation is 1. The summed E-state index contributed by atoms with van der Waals surface area (Å²) < 4.78 is 10.3. The number of esters is 1. The van der Waals surface area contributed by atoms with Gasteiger partial charge < -0.3 is 30.1 Å².